The number of carbonyl (C=O) groups is 1. The van der Waals surface area contributed by atoms with Crippen LogP contribution in [0.25, 0.3) is 0 Å². The molecule has 8 atom stereocenters. The number of nitrogens with zero attached hydrogens (tertiary/aromatic N) is 1. The summed E-state index contributed by atoms with van der Waals surface area (Å²) in [6.07, 6.45) is 13.9. The highest BCUT2D eigenvalue weighted by atomic mass is 16.5. The lowest BCUT2D eigenvalue weighted by Gasteiger charge is -2.71. The first-order valence-electron chi connectivity index (χ1n) is 15.9. The zero-order valence-corrected chi connectivity index (χ0v) is 25.7. The zero-order valence-electron chi connectivity index (χ0n) is 25.7. The van der Waals surface area contributed by atoms with Gasteiger partial charge < -0.3 is 14.7 Å². The van der Waals surface area contributed by atoms with Gasteiger partial charge in [-0.3, -0.25) is 4.79 Å². The Morgan fingerprint density at radius 1 is 0.921 bits per heavy atom. The van der Waals surface area contributed by atoms with Gasteiger partial charge in [-0.05, 0) is 109 Å². The van der Waals surface area contributed by atoms with E-state index in [4.69, 9.17) is 4.74 Å². The van der Waals surface area contributed by atoms with Gasteiger partial charge in [0.25, 0.3) is 0 Å². The first kappa shape index (κ1) is 27.3. The van der Waals surface area contributed by atoms with Crippen LogP contribution in [0.5, 0.6) is 0 Å². The fourth-order valence-electron chi connectivity index (χ4n) is 11.7. The lowest BCUT2D eigenvalue weighted by atomic mass is 9.33. The van der Waals surface area contributed by atoms with Gasteiger partial charge in [0.1, 0.15) is 0 Å². The van der Waals surface area contributed by atoms with Crippen molar-refractivity contribution in [1.82, 2.24) is 4.90 Å². The van der Waals surface area contributed by atoms with Crippen molar-refractivity contribution in [2.45, 2.75) is 125 Å². The number of aliphatic hydroxyl groups excluding tert-OH is 1. The van der Waals surface area contributed by atoms with Crippen LogP contribution in [0.2, 0.25) is 0 Å². The fourth-order valence-corrected chi connectivity index (χ4v) is 11.7. The summed E-state index contributed by atoms with van der Waals surface area (Å²) >= 11 is 0. The highest BCUT2D eigenvalue weighted by Gasteiger charge is 2.69. The molecule has 214 valence electrons. The monoisotopic (exact) mass is 525 g/mol. The molecule has 1 saturated heterocycles. The van der Waals surface area contributed by atoms with E-state index in [-0.39, 0.29) is 44.7 Å². The molecular weight excluding hydrogens is 470 g/mol. The molecule has 4 heteroatoms. The van der Waals surface area contributed by atoms with E-state index in [1.165, 1.54) is 12.8 Å². The van der Waals surface area contributed by atoms with Crippen molar-refractivity contribution < 1.29 is 14.6 Å². The molecule has 0 unspecified atom stereocenters. The van der Waals surface area contributed by atoms with Crippen LogP contribution in [0.3, 0.4) is 0 Å². The Kier molecular flexibility index (Phi) is 5.99. The lowest BCUT2D eigenvalue weighted by molar-refractivity contribution is -0.205. The Balaban J connectivity index is 1.39. The summed E-state index contributed by atoms with van der Waals surface area (Å²) in [7, 11) is 1.77. The third-order valence-corrected chi connectivity index (χ3v) is 14.5. The number of methoxy groups -OCH3 is 1. The van der Waals surface area contributed by atoms with Gasteiger partial charge in [0, 0.05) is 20.2 Å². The smallest absolute Gasteiger partial charge is 0.229 e. The molecule has 0 aromatic heterocycles. The molecule has 6 rings (SSSR count). The molecule has 5 fully saturated rings. The largest absolute Gasteiger partial charge is 0.393 e. The maximum atomic E-state index is 14.3. The number of likely N-dealkylation sites (tertiary alicyclic amines) is 1. The van der Waals surface area contributed by atoms with E-state index in [0.29, 0.717) is 23.7 Å². The van der Waals surface area contributed by atoms with Crippen molar-refractivity contribution in [1.29, 1.82) is 0 Å². The van der Waals surface area contributed by atoms with Crippen molar-refractivity contribution in [3.8, 4) is 0 Å². The first-order chi connectivity index (χ1) is 17.6. The van der Waals surface area contributed by atoms with Gasteiger partial charge in [0.05, 0.1) is 17.6 Å². The maximum absolute atomic E-state index is 14.3. The summed E-state index contributed by atoms with van der Waals surface area (Å²) in [6.45, 7) is 18.9. The first-order valence-corrected chi connectivity index (χ1v) is 15.9. The fraction of sp³-hybridized carbons (Fsp3) is 0.912. The second kappa shape index (κ2) is 8.34. The maximum Gasteiger partial charge on any atom is 0.229 e. The highest BCUT2D eigenvalue weighted by molar-refractivity contribution is 5.85. The lowest BCUT2D eigenvalue weighted by Crippen LogP contribution is -2.66. The zero-order chi connectivity index (χ0) is 27.5. The topological polar surface area (TPSA) is 49.8 Å². The Morgan fingerprint density at radius 2 is 1.61 bits per heavy atom. The van der Waals surface area contributed by atoms with Crippen LogP contribution in [0.1, 0.15) is 113 Å². The summed E-state index contributed by atoms with van der Waals surface area (Å²) in [5.74, 6) is 2.02. The van der Waals surface area contributed by atoms with Crippen molar-refractivity contribution in [3.63, 3.8) is 0 Å². The van der Waals surface area contributed by atoms with Crippen LogP contribution in [0.4, 0.5) is 0 Å². The van der Waals surface area contributed by atoms with Crippen LogP contribution in [-0.2, 0) is 9.53 Å². The third-order valence-electron chi connectivity index (χ3n) is 14.5. The Bertz CT molecular complexity index is 1020. The van der Waals surface area contributed by atoms with Gasteiger partial charge in [0.2, 0.25) is 5.91 Å². The average molecular weight is 526 g/mol. The molecule has 1 N–H and O–H groups in total. The molecule has 0 radical (unpaired) electrons. The highest BCUT2D eigenvalue weighted by Crippen LogP contribution is 2.75. The molecule has 1 aliphatic heterocycles. The summed E-state index contributed by atoms with van der Waals surface area (Å²) < 4.78 is 5.55. The Hall–Kier alpha value is -0.870. The third kappa shape index (κ3) is 3.37. The van der Waals surface area contributed by atoms with Gasteiger partial charge in [0.15, 0.2) is 0 Å². The predicted molar refractivity (Wildman–Crippen MR) is 152 cm³/mol. The number of rotatable bonds is 2. The van der Waals surface area contributed by atoms with Gasteiger partial charge in [-0.15, -0.1) is 0 Å². The molecule has 6 aliphatic rings. The van der Waals surface area contributed by atoms with Crippen molar-refractivity contribution in [2.75, 3.05) is 20.2 Å². The molecule has 4 saturated carbocycles. The Morgan fingerprint density at radius 3 is 2.29 bits per heavy atom. The second-order valence-electron chi connectivity index (χ2n) is 16.8. The van der Waals surface area contributed by atoms with Crippen LogP contribution < -0.4 is 0 Å². The molecule has 0 aromatic carbocycles. The number of hydrogen-bond donors (Lipinski definition) is 1. The molecule has 5 aliphatic carbocycles. The molecule has 0 spiro atoms. The van der Waals surface area contributed by atoms with Gasteiger partial charge in [-0.2, -0.15) is 0 Å². The summed E-state index contributed by atoms with van der Waals surface area (Å²) in [5.41, 5.74) is 2.36. The minimum Gasteiger partial charge on any atom is -0.393 e. The average Bonchev–Trinajstić information content (AvgIpc) is 2.81. The molecule has 4 nitrogen and oxygen atoms in total. The number of hydrogen-bond acceptors (Lipinski definition) is 3. The minimum absolute atomic E-state index is 0.0158. The van der Waals surface area contributed by atoms with E-state index in [0.717, 1.165) is 64.5 Å². The van der Waals surface area contributed by atoms with E-state index >= 15 is 0 Å². The molecule has 1 amide bonds. The number of fused-ring (bicyclic) bond motifs is 7. The predicted octanol–water partition coefficient (Wildman–Crippen LogP) is 7.01. The number of ether oxygens (including phenoxy) is 1. The van der Waals surface area contributed by atoms with Crippen molar-refractivity contribution in [3.05, 3.63) is 11.6 Å². The van der Waals surface area contributed by atoms with E-state index in [2.05, 4.69) is 59.4 Å². The van der Waals surface area contributed by atoms with Crippen molar-refractivity contribution in [2.24, 2.45) is 50.2 Å². The van der Waals surface area contributed by atoms with E-state index in [1.807, 2.05) is 0 Å². The Labute approximate surface area is 232 Å². The second-order valence-corrected chi connectivity index (χ2v) is 16.8. The molecular formula is C34H55NO3. The van der Waals surface area contributed by atoms with Crippen LogP contribution in [-0.4, -0.2) is 48.3 Å². The normalized spacial score (nSPS) is 49.5. The number of allylic oxidation sites excluding steroid dienone is 2. The number of carbonyl (C=O) groups excluding carboxylic acids is 1. The standard InChI is InChI=1S/C34H55NO3/c1-29(2)15-17-34(28(37)35-20-22(21-35)38-8)18-16-32(6)23(24(34)19-29)9-10-26-31(5)13-12-27(36)30(3,4)25(31)11-14-33(26,32)7/h9,22,24-27,36H,10-21H2,1-8H3/t24-,25-,26+,27-,31-,32+,33+,34-/m0/s1. The number of amides is 1. The van der Waals surface area contributed by atoms with Gasteiger partial charge in [-0.25, -0.2) is 0 Å². The van der Waals surface area contributed by atoms with E-state index < -0.39 is 0 Å². The molecule has 1 heterocycles. The molecule has 38 heavy (non-hydrogen) atoms. The molecule has 0 bridgehead atoms. The molecule has 0 aromatic rings. The quantitative estimate of drug-likeness (QED) is 0.395. The number of aliphatic hydroxyl groups is 1. The van der Waals surface area contributed by atoms with E-state index in [1.54, 1.807) is 12.7 Å². The van der Waals surface area contributed by atoms with Crippen LogP contribution in [0.15, 0.2) is 11.6 Å². The van der Waals surface area contributed by atoms with Gasteiger partial charge in [-0.1, -0.05) is 60.1 Å². The SMILES string of the molecule is COC1CN(C(=O)[C@]23CCC(C)(C)C[C@H]2C2=CC[C@@H]4[C@@]5(C)CC[C@H](O)C(C)(C)[C@@H]5CC[C@@]4(C)[C@]2(C)CC3)C1. The summed E-state index contributed by atoms with van der Waals surface area (Å²) in [4.78, 5) is 16.4. The summed E-state index contributed by atoms with van der Waals surface area (Å²) in [6, 6.07) is 0. The van der Waals surface area contributed by atoms with Crippen LogP contribution in [0, 0.1) is 50.2 Å². The summed E-state index contributed by atoms with van der Waals surface area (Å²) in [5, 5.41) is 11.0. The van der Waals surface area contributed by atoms with Crippen molar-refractivity contribution >= 4 is 5.91 Å². The minimum atomic E-state index is -0.221. The van der Waals surface area contributed by atoms with Crippen LogP contribution >= 0.6 is 0 Å². The van der Waals surface area contributed by atoms with E-state index in [9.17, 15) is 9.90 Å². The van der Waals surface area contributed by atoms with Gasteiger partial charge >= 0.3 is 0 Å².